The Labute approximate surface area is 191 Å². The Bertz CT molecular complexity index is 629. The smallest absolute Gasteiger partial charge is 0.743 e. The van der Waals surface area contributed by atoms with Crippen molar-refractivity contribution in [1.82, 2.24) is 0 Å². The van der Waals surface area contributed by atoms with Crippen molar-refractivity contribution in [3.63, 3.8) is 0 Å². The first-order valence-corrected chi connectivity index (χ1v) is 7.78. The summed E-state index contributed by atoms with van der Waals surface area (Å²) in [5.41, 5.74) is 0. The molecule has 0 unspecified atom stereocenters. The van der Waals surface area contributed by atoms with Crippen LogP contribution in [0.4, 0.5) is 57.1 Å². The monoisotopic (exact) mass is 494 g/mol. The van der Waals surface area contributed by atoms with Crippen LogP contribution in [0.15, 0.2) is 0 Å². The molecule has 0 amide bonds. The van der Waals surface area contributed by atoms with E-state index in [0.717, 1.165) is 0 Å². The van der Waals surface area contributed by atoms with Crippen molar-refractivity contribution in [2.45, 2.75) is 60.8 Å². The average Bonchev–Trinajstić information content (AvgIpc) is 2.40. The molecule has 0 rings (SSSR count). The van der Waals surface area contributed by atoms with E-state index >= 15 is 0 Å². The molecule has 28 heavy (non-hydrogen) atoms. The van der Waals surface area contributed by atoms with Crippen LogP contribution in [0.1, 0.15) is 25.7 Å². The topological polar surface area (TPSA) is 57.2 Å². The van der Waals surface area contributed by atoms with Gasteiger partial charge >= 0.3 is 86.5 Å². The Morgan fingerprint density at radius 1 is 0.607 bits per heavy atom. The Morgan fingerprint density at radius 2 is 0.964 bits per heavy atom. The summed E-state index contributed by atoms with van der Waals surface area (Å²) in [6.07, 6.45) is -12.2. The van der Waals surface area contributed by atoms with Crippen molar-refractivity contribution in [3.05, 3.63) is 0 Å². The van der Waals surface area contributed by atoms with Crippen LogP contribution in [0.5, 0.6) is 0 Å². The molecule has 0 aliphatic heterocycles. The Balaban J connectivity index is 0. The van der Waals surface area contributed by atoms with Gasteiger partial charge in [0, 0.05) is 12.8 Å². The van der Waals surface area contributed by atoms with Crippen molar-refractivity contribution in [1.29, 1.82) is 0 Å². The third-order valence-electron chi connectivity index (χ3n) is 3.13. The number of unbranched alkanes of at least 4 members (excludes halogenated alkanes) is 1. The molecule has 0 fully saturated rings. The third-order valence-corrected chi connectivity index (χ3v) is 4.01. The number of hydrogen-bond acceptors (Lipinski definition) is 3. The van der Waals surface area contributed by atoms with Crippen LogP contribution in [-0.4, -0.2) is 48.1 Å². The first-order valence-electron chi connectivity index (χ1n) is 6.37. The summed E-state index contributed by atoms with van der Waals surface area (Å²) in [5, 5.41) is -7.40. The minimum absolute atomic E-state index is 0. The van der Waals surface area contributed by atoms with Crippen LogP contribution >= 0.6 is 0 Å². The second kappa shape index (κ2) is 9.02. The maximum Gasteiger partial charge on any atom is 1.00 e. The molecule has 0 N–H and O–H groups in total. The maximum absolute atomic E-state index is 13.2. The molecule has 0 spiro atoms. The summed E-state index contributed by atoms with van der Waals surface area (Å²) in [6, 6.07) is 0. The van der Waals surface area contributed by atoms with E-state index in [-0.39, 0.29) is 51.4 Å². The van der Waals surface area contributed by atoms with Crippen LogP contribution in [0.2, 0.25) is 0 Å². The van der Waals surface area contributed by atoms with E-state index in [9.17, 15) is 70.0 Å². The molecule has 0 radical (unpaired) electrons. The van der Waals surface area contributed by atoms with Crippen LogP contribution in [-0.2, 0) is 10.1 Å². The minimum Gasteiger partial charge on any atom is -0.743 e. The Hall–Kier alpha value is 0.636. The fourth-order valence-corrected chi connectivity index (χ4v) is 2.04. The molecule has 3 nitrogen and oxygen atoms in total. The molecule has 0 aromatic heterocycles. The van der Waals surface area contributed by atoms with Gasteiger partial charge in [0.1, 0.15) is 0 Å². The van der Waals surface area contributed by atoms with E-state index in [0.29, 0.717) is 0 Å². The van der Waals surface area contributed by atoms with Crippen molar-refractivity contribution >= 4 is 10.1 Å². The summed E-state index contributed by atoms with van der Waals surface area (Å²) in [5.74, 6) is -29.2. The predicted molar refractivity (Wildman–Crippen MR) is 59.0 cm³/mol. The van der Waals surface area contributed by atoms with E-state index in [1.807, 2.05) is 0 Å². The first kappa shape index (κ1) is 30.8. The van der Waals surface area contributed by atoms with Gasteiger partial charge in [-0.1, -0.05) is 0 Å². The average molecular weight is 494 g/mol. The normalized spacial score (nSPS) is 15.4. The van der Waals surface area contributed by atoms with Gasteiger partial charge in [0.05, 0.1) is 0 Å². The van der Waals surface area contributed by atoms with E-state index in [4.69, 9.17) is 0 Å². The van der Waals surface area contributed by atoms with Crippen LogP contribution < -0.4 is 51.4 Å². The molecule has 18 heteroatoms. The molecule has 0 aliphatic rings. The van der Waals surface area contributed by atoms with Gasteiger partial charge in [-0.2, -0.15) is 57.1 Å². The fraction of sp³-hybridized carbons (Fsp3) is 1.00. The van der Waals surface area contributed by atoms with Crippen LogP contribution in [0.25, 0.3) is 0 Å². The second-order valence-corrected chi connectivity index (χ2v) is 6.64. The largest absolute Gasteiger partial charge is 1.00 e. The van der Waals surface area contributed by atoms with Crippen molar-refractivity contribution in [2.75, 3.05) is 0 Å². The number of alkyl halides is 13. The zero-order chi connectivity index (χ0) is 22.3. The van der Waals surface area contributed by atoms with Crippen molar-refractivity contribution in [3.8, 4) is 0 Å². The van der Waals surface area contributed by atoms with Gasteiger partial charge < -0.3 is 4.55 Å². The maximum atomic E-state index is 13.2. The van der Waals surface area contributed by atoms with E-state index in [2.05, 4.69) is 0 Å². The predicted octanol–water partition coefficient (Wildman–Crippen LogP) is 1.79. The van der Waals surface area contributed by atoms with Crippen molar-refractivity contribution < 1.29 is 121 Å². The molecule has 0 saturated heterocycles. The van der Waals surface area contributed by atoms with Gasteiger partial charge in [-0.15, -0.1) is 0 Å². The summed E-state index contributed by atoms with van der Waals surface area (Å²) in [7, 11) is -7.70. The Kier molecular flexibility index (Phi) is 9.93. The molecular weight excluding hydrogens is 486 g/mol. The molecule has 164 valence electrons. The zero-order valence-electron chi connectivity index (χ0n) is 13.4. The molecule has 0 aromatic carbocycles. The fourth-order valence-electron chi connectivity index (χ4n) is 1.60. The van der Waals surface area contributed by atoms with Gasteiger partial charge in [-0.25, -0.2) is 8.42 Å². The molecule has 0 heterocycles. The van der Waals surface area contributed by atoms with Gasteiger partial charge in [0.25, 0.3) is 0 Å². The summed E-state index contributed by atoms with van der Waals surface area (Å²) >= 11 is 0. The van der Waals surface area contributed by atoms with E-state index < -0.39 is 70.9 Å². The van der Waals surface area contributed by atoms with Gasteiger partial charge in [-0.3, -0.25) is 0 Å². The van der Waals surface area contributed by atoms with Gasteiger partial charge in [0.15, 0.2) is 10.1 Å². The summed E-state index contributed by atoms with van der Waals surface area (Å²) in [4.78, 5) is 0. The van der Waals surface area contributed by atoms with Gasteiger partial charge in [-0.05, 0) is 12.8 Å². The SMILES string of the molecule is O=S(=O)([O-])C(F)(F)C(F)(F)C(F)(F)C(F)(F)C(F)(F)CCCCC(F)(F)F.[K+]. The molecule has 0 bridgehead atoms. The van der Waals surface area contributed by atoms with Crippen molar-refractivity contribution in [2.24, 2.45) is 0 Å². The Morgan fingerprint density at radius 3 is 1.29 bits per heavy atom. The number of hydrogen-bond donors (Lipinski definition) is 0. The first-order chi connectivity index (χ1) is 11.5. The summed E-state index contributed by atoms with van der Waals surface area (Å²) in [6.45, 7) is 0. The quantitative estimate of drug-likeness (QED) is 0.213. The van der Waals surface area contributed by atoms with E-state index in [1.165, 1.54) is 0 Å². The summed E-state index contributed by atoms with van der Waals surface area (Å²) < 4.78 is 196. The molecule has 0 aliphatic carbocycles. The third kappa shape index (κ3) is 5.86. The second-order valence-electron chi connectivity index (χ2n) is 5.22. The minimum atomic E-state index is -7.78. The van der Waals surface area contributed by atoms with Crippen LogP contribution in [0.3, 0.4) is 0 Å². The van der Waals surface area contributed by atoms with E-state index in [1.54, 1.807) is 0 Å². The number of rotatable bonds is 9. The van der Waals surface area contributed by atoms with Crippen LogP contribution in [0, 0.1) is 0 Å². The molecule has 0 aromatic rings. The number of halogens is 13. The molecular formula is C10H8F13KO3S. The van der Waals surface area contributed by atoms with Gasteiger partial charge in [0.2, 0.25) is 0 Å². The molecule has 0 atom stereocenters. The molecule has 0 saturated carbocycles. The zero-order valence-corrected chi connectivity index (χ0v) is 17.3. The standard InChI is InChI=1S/C10H9F13O3S.K/c11-5(12,3-1-2-4-6(13,14)15)7(16,17)8(18,19)9(20,21)10(22,23)27(24,25)26;/h1-4H2,(H,24,25,26);/q;+1/p-1.